The van der Waals surface area contributed by atoms with Gasteiger partial charge in [0.1, 0.15) is 17.4 Å². The summed E-state index contributed by atoms with van der Waals surface area (Å²) in [5.41, 5.74) is 6.35. The molecule has 0 aliphatic rings. The number of esters is 1. The molecule has 0 heterocycles. The molecule has 4 nitrogen and oxygen atoms in total. The Morgan fingerprint density at radius 3 is 2.25 bits per heavy atom. The first-order chi connectivity index (χ1) is 9.28. The van der Waals surface area contributed by atoms with Crippen molar-refractivity contribution in [3.05, 3.63) is 42.5 Å². The van der Waals surface area contributed by atoms with E-state index in [-0.39, 0.29) is 5.92 Å². The van der Waals surface area contributed by atoms with Gasteiger partial charge < -0.3 is 15.2 Å². The first-order valence-corrected chi connectivity index (χ1v) is 6.53. The second kappa shape index (κ2) is 6.57. The van der Waals surface area contributed by atoms with Crippen LogP contribution in [0.25, 0.3) is 0 Å². The van der Waals surface area contributed by atoms with Crippen molar-refractivity contribution in [3.8, 4) is 5.75 Å². The van der Waals surface area contributed by atoms with Gasteiger partial charge in [0.25, 0.3) is 0 Å². The minimum absolute atomic E-state index is 0.296. The van der Waals surface area contributed by atoms with Gasteiger partial charge in [0.2, 0.25) is 0 Å². The van der Waals surface area contributed by atoms with Crippen LogP contribution >= 0.6 is 0 Å². The maximum Gasteiger partial charge on any atom is 0.324 e. The van der Waals surface area contributed by atoms with Gasteiger partial charge in [-0.2, -0.15) is 0 Å². The number of hydrogen-bond donors (Lipinski definition) is 1. The van der Waals surface area contributed by atoms with Crippen LogP contribution in [-0.4, -0.2) is 24.7 Å². The first-order valence-electron chi connectivity index (χ1n) is 6.53. The summed E-state index contributed by atoms with van der Waals surface area (Å²) in [6.07, 6.45) is 1.66. The van der Waals surface area contributed by atoms with Crippen LogP contribution in [-0.2, 0) is 9.53 Å². The summed E-state index contributed by atoms with van der Waals surface area (Å²) >= 11 is 0. The van der Waals surface area contributed by atoms with Gasteiger partial charge in [-0.25, -0.2) is 0 Å². The van der Waals surface area contributed by atoms with Crippen molar-refractivity contribution in [1.29, 1.82) is 0 Å². The standard InChI is InChI=1S/C16H23NO3/c1-6-13(11-7-9-12(19-5)10-8-11)14(17)15(18)20-16(2,3)4/h6-10,13-14H,1,17H2,2-5H3/t13-,14-/m0/s1. The monoisotopic (exact) mass is 277 g/mol. The maximum absolute atomic E-state index is 12.0. The van der Waals surface area contributed by atoms with Crippen molar-refractivity contribution in [1.82, 2.24) is 0 Å². The molecule has 4 heteroatoms. The van der Waals surface area contributed by atoms with E-state index in [0.29, 0.717) is 0 Å². The van der Waals surface area contributed by atoms with Gasteiger partial charge in [0.15, 0.2) is 0 Å². The molecule has 0 saturated heterocycles. The summed E-state index contributed by atoms with van der Waals surface area (Å²) in [4.78, 5) is 12.0. The Kier molecular flexibility index (Phi) is 5.34. The Balaban J connectivity index is 2.88. The van der Waals surface area contributed by atoms with Crippen LogP contribution in [0, 0.1) is 0 Å². The number of carbonyl (C=O) groups excluding carboxylic acids is 1. The minimum Gasteiger partial charge on any atom is -0.497 e. The quantitative estimate of drug-likeness (QED) is 0.664. The van der Waals surface area contributed by atoms with Crippen LogP contribution in [0.1, 0.15) is 32.3 Å². The van der Waals surface area contributed by atoms with Crippen LogP contribution in [0.3, 0.4) is 0 Å². The molecule has 2 atom stereocenters. The molecule has 0 aliphatic carbocycles. The molecule has 2 N–H and O–H groups in total. The Morgan fingerprint density at radius 2 is 1.85 bits per heavy atom. The largest absolute Gasteiger partial charge is 0.497 e. The summed E-state index contributed by atoms with van der Waals surface area (Å²) < 4.78 is 10.4. The van der Waals surface area contributed by atoms with Crippen LogP contribution in [0.2, 0.25) is 0 Å². The van der Waals surface area contributed by atoms with E-state index < -0.39 is 17.6 Å². The van der Waals surface area contributed by atoms with Crippen molar-refractivity contribution in [3.63, 3.8) is 0 Å². The molecule has 0 saturated carbocycles. The fourth-order valence-electron chi connectivity index (χ4n) is 1.83. The predicted octanol–water partition coefficient (Wildman–Crippen LogP) is 2.63. The van der Waals surface area contributed by atoms with E-state index in [4.69, 9.17) is 15.2 Å². The highest BCUT2D eigenvalue weighted by molar-refractivity contribution is 5.77. The summed E-state index contributed by atoms with van der Waals surface area (Å²) in [7, 11) is 1.60. The second-order valence-electron chi connectivity index (χ2n) is 5.59. The molecule has 110 valence electrons. The van der Waals surface area contributed by atoms with E-state index in [2.05, 4.69) is 6.58 Å². The Hall–Kier alpha value is -1.81. The molecular formula is C16H23NO3. The molecule has 1 aromatic carbocycles. The summed E-state index contributed by atoms with van der Waals surface area (Å²) in [6.45, 7) is 9.20. The molecular weight excluding hydrogens is 254 g/mol. The van der Waals surface area contributed by atoms with E-state index in [9.17, 15) is 4.79 Å². The van der Waals surface area contributed by atoms with E-state index in [1.54, 1.807) is 13.2 Å². The van der Waals surface area contributed by atoms with E-state index in [1.807, 2.05) is 45.0 Å². The molecule has 0 radical (unpaired) electrons. The average molecular weight is 277 g/mol. The molecule has 20 heavy (non-hydrogen) atoms. The average Bonchev–Trinajstić information content (AvgIpc) is 2.38. The van der Waals surface area contributed by atoms with E-state index in [1.165, 1.54) is 0 Å². The SMILES string of the molecule is C=C[C@@H](c1ccc(OC)cc1)[C@H](N)C(=O)OC(C)(C)C. The first kappa shape index (κ1) is 16.2. The number of hydrogen-bond acceptors (Lipinski definition) is 4. The lowest BCUT2D eigenvalue weighted by Gasteiger charge is -2.25. The molecule has 0 unspecified atom stereocenters. The Labute approximate surface area is 120 Å². The zero-order chi connectivity index (χ0) is 15.3. The number of benzene rings is 1. The lowest BCUT2D eigenvalue weighted by atomic mass is 9.92. The van der Waals surface area contributed by atoms with Gasteiger partial charge in [-0.05, 0) is 38.5 Å². The van der Waals surface area contributed by atoms with Gasteiger partial charge in [-0.1, -0.05) is 18.2 Å². The van der Waals surface area contributed by atoms with Crippen molar-refractivity contribution in [2.45, 2.75) is 38.3 Å². The molecule has 0 amide bonds. The lowest BCUT2D eigenvalue weighted by molar-refractivity contribution is -0.156. The van der Waals surface area contributed by atoms with Gasteiger partial charge >= 0.3 is 5.97 Å². The molecule has 1 rings (SSSR count). The van der Waals surface area contributed by atoms with Crippen molar-refractivity contribution < 1.29 is 14.3 Å². The molecule has 1 aromatic rings. The molecule has 0 fully saturated rings. The van der Waals surface area contributed by atoms with Crippen LogP contribution in [0.5, 0.6) is 5.75 Å². The fourth-order valence-corrected chi connectivity index (χ4v) is 1.83. The van der Waals surface area contributed by atoms with Crippen LogP contribution in [0.4, 0.5) is 0 Å². The van der Waals surface area contributed by atoms with Gasteiger partial charge in [0, 0.05) is 5.92 Å². The second-order valence-corrected chi connectivity index (χ2v) is 5.59. The molecule has 0 aliphatic heterocycles. The molecule has 0 aromatic heterocycles. The molecule has 0 bridgehead atoms. The van der Waals surface area contributed by atoms with Gasteiger partial charge in [0.05, 0.1) is 7.11 Å². The topological polar surface area (TPSA) is 61.5 Å². The number of rotatable bonds is 5. The van der Waals surface area contributed by atoms with Crippen molar-refractivity contribution in [2.24, 2.45) is 5.73 Å². The smallest absolute Gasteiger partial charge is 0.324 e. The highest BCUT2D eigenvalue weighted by atomic mass is 16.6. The third-order valence-electron chi connectivity index (χ3n) is 2.82. The highest BCUT2D eigenvalue weighted by Gasteiger charge is 2.28. The van der Waals surface area contributed by atoms with Gasteiger partial charge in [-0.15, -0.1) is 6.58 Å². The summed E-state index contributed by atoms with van der Waals surface area (Å²) in [6, 6.07) is 6.62. The maximum atomic E-state index is 12.0. The highest BCUT2D eigenvalue weighted by Crippen LogP contribution is 2.24. The molecule has 0 spiro atoms. The number of carbonyl (C=O) groups is 1. The van der Waals surface area contributed by atoms with Crippen molar-refractivity contribution in [2.75, 3.05) is 7.11 Å². The van der Waals surface area contributed by atoms with Crippen LogP contribution < -0.4 is 10.5 Å². The Morgan fingerprint density at radius 1 is 1.30 bits per heavy atom. The minimum atomic E-state index is -0.778. The lowest BCUT2D eigenvalue weighted by Crippen LogP contribution is -2.41. The predicted molar refractivity (Wildman–Crippen MR) is 79.8 cm³/mol. The van der Waals surface area contributed by atoms with Gasteiger partial charge in [-0.3, -0.25) is 4.79 Å². The zero-order valence-electron chi connectivity index (χ0n) is 12.6. The zero-order valence-corrected chi connectivity index (χ0v) is 12.6. The van der Waals surface area contributed by atoms with E-state index in [0.717, 1.165) is 11.3 Å². The summed E-state index contributed by atoms with van der Waals surface area (Å²) in [5, 5.41) is 0. The van der Waals surface area contributed by atoms with Crippen LogP contribution in [0.15, 0.2) is 36.9 Å². The summed E-state index contributed by atoms with van der Waals surface area (Å²) in [5.74, 6) is 0.0244. The Bertz CT molecular complexity index is 460. The normalized spacial score (nSPS) is 14.2. The number of nitrogens with two attached hydrogens (primary N) is 1. The number of ether oxygens (including phenoxy) is 2. The third kappa shape index (κ3) is 4.38. The van der Waals surface area contributed by atoms with E-state index >= 15 is 0 Å². The third-order valence-corrected chi connectivity index (χ3v) is 2.82. The fraction of sp³-hybridized carbons (Fsp3) is 0.438. The van der Waals surface area contributed by atoms with Crippen molar-refractivity contribution >= 4 is 5.97 Å². The number of methoxy groups -OCH3 is 1.